The Morgan fingerprint density at radius 3 is 2.85 bits per heavy atom. The normalized spacial score (nSPS) is 28.2. The van der Waals surface area contributed by atoms with Crippen LogP contribution in [0.1, 0.15) is 36.2 Å². The number of nitrogens with one attached hydrogen (secondary N) is 1. The van der Waals surface area contributed by atoms with Gasteiger partial charge in [-0.2, -0.15) is 5.10 Å². The van der Waals surface area contributed by atoms with Crippen molar-refractivity contribution in [3.05, 3.63) is 36.3 Å². The molecule has 3 heterocycles. The second-order valence-electron chi connectivity index (χ2n) is 7.07. The Labute approximate surface area is 152 Å². The van der Waals surface area contributed by atoms with E-state index >= 15 is 0 Å². The lowest BCUT2D eigenvalue weighted by atomic mass is 9.79. The molecule has 0 spiro atoms. The predicted molar refractivity (Wildman–Crippen MR) is 95.6 cm³/mol. The summed E-state index contributed by atoms with van der Waals surface area (Å²) < 4.78 is 11.5. The van der Waals surface area contributed by atoms with Crippen LogP contribution in [0.25, 0.3) is 11.3 Å². The van der Waals surface area contributed by atoms with E-state index in [9.17, 15) is 4.79 Å². The van der Waals surface area contributed by atoms with Gasteiger partial charge in [0.15, 0.2) is 0 Å². The maximum Gasteiger partial charge on any atom is 0.272 e. The third-order valence-corrected chi connectivity index (χ3v) is 5.92. The molecule has 1 N–H and O–H groups in total. The van der Waals surface area contributed by atoms with Crippen molar-refractivity contribution in [3.8, 4) is 11.3 Å². The highest BCUT2D eigenvalue weighted by Gasteiger charge is 2.52. The largest absolute Gasteiger partial charge is 0.381 e. The van der Waals surface area contributed by atoms with Gasteiger partial charge in [-0.15, -0.1) is 0 Å². The van der Waals surface area contributed by atoms with E-state index < -0.39 is 0 Å². The number of ether oxygens (including phenoxy) is 2. The fourth-order valence-electron chi connectivity index (χ4n) is 4.38. The molecule has 1 aliphatic carbocycles. The molecule has 0 bridgehead atoms. The van der Waals surface area contributed by atoms with Crippen LogP contribution in [0.15, 0.2) is 30.6 Å². The number of methoxy groups -OCH3 is 2. The lowest BCUT2D eigenvalue weighted by Gasteiger charge is -2.43. The summed E-state index contributed by atoms with van der Waals surface area (Å²) in [7, 11) is 3.49. The first-order valence-electron chi connectivity index (χ1n) is 9.01. The summed E-state index contributed by atoms with van der Waals surface area (Å²) >= 11 is 0. The molecule has 7 heteroatoms. The summed E-state index contributed by atoms with van der Waals surface area (Å²) in [6.45, 7) is 0.692. The van der Waals surface area contributed by atoms with Crippen molar-refractivity contribution < 1.29 is 14.3 Å². The number of likely N-dealkylation sites (tertiary alicyclic amines) is 1. The lowest BCUT2D eigenvalue weighted by molar-refractivity contribution is -0.0894. The lowest BCUT2D eigenvalue weighted by Crippen LogP contribution is -2.53. The SMILES string of the molecule is CO[C@H]1CC[C@@]2(OC)CCN(C(=O)c3cc(-c4ccncc4)n[nH]3)[C@H]2C1. The molecule has 0 aromatic carbocycles. The maximum absolute atomic E-state index is 13.1. The zero-order chi connectivity index (χ0) is 18.1. The molecule has 1 aliphatic heterocycles. The number of carbonyl (C=O) groups is 1. The van der Waals surface area contributed by atoms with Crippen molar-refractivity contribution >= 4 is 5.91 Å². The third kappa shape index (κ3) is 2.81. The van der Waals surface area contributed by atoms with Crippen LogP contribution in [-0.2, 0) is 9.47 Å². The molecule has 26 heavy (non-hydrogen) atoms. The number of fused-ring (bicyclic) bond motifs is 1. The molecule has 7 nitrogen and oxygen atoms in total. The molecular weight excluding hydrogens is 332 g/mol. The maximum atomic E-state index is 13.1. The first-order chi connectivity index (χ1) is 12.7. The summed E-state index contributed by atoms with van der Waals surface area (Å²) in [5.41, 5.74) is 1.92. The van der Waals surface area contributed by atoms with Crippen molar-refractivity contribution in [3.63, 3.8) is 0 Å². The molecule has 1 amide bonds. The summed E-state index contributed by atoms with van der Waals surface area (Å²) in [6.07, 6.45) is 7.16. The van der Waals surface area contributed by atoms with Gasteiger partial charge in [0, 0.05) is 38.7 Å². The molecule has 2 aliphatic rings. The summed E-state index contributed by atoms with van der Waals surface area (Å²) in [5.74, 6) is -0.0292. The van der Waals surface area contributed by atoms with Gasteiger partial charge >= 0.3 is 0 Å². The first-order valence-corrected chi connectivity index (χ1v) is 9.01. The van der Waals surface area contributed by atoms with Crippen molar-refractivity contribution in [1.29, 1.82) is 0 Å². The molecule has 0 unspecified atom stereocenters. The highest BCUT2D eigenvalue weighted by molar-refractivity contribution is 5.94. The number of aromatic amines is 1. The van der Waals surface area contributed by atoms with Crippen LogP contribution in [0.4, 0.5) is 0 Å². The van der Waals surface area contributed by atoms with Gasteiger partial charge in [-0.3, -0.25) is 14.9 Å². The number of pyridine rings is 1. The minimum absolute atomic E-state index is 0.0292. The number of hydrogen-bond acceptors (Lipinski definition) is 5. The van der Waals surface area contributed by atoms with E-state index in [4.69, 9.17) is 9.47 Å². The van der Waals surface area contributed by atoms with Gasteiger partial charge in [0.25, 0.3) is 5.91 Å². The van der Waals surface area contributed by atoms with Crippen molar-refractivity contribution in [2.45, 2.75) is 43.4 Å². The molecule has 3 atom stereocenters. The standard InChI is InChI=1S/C19H24N4O3/c1-25-14-3-6-19(26-2)7-10-23(17(19)11-14)18(24)16-12-15(21-22-16)13-4-8-20-9-5-13/h4-5,8-9,12,14,17H,3,6-7,10-11H2,1-2H3,(H,21,22)/t14-,17-,19+/m0/s1. The monoisotopic (exact) mass is 356 g/mol. The molecule has 0 radical (unpaired) electrons. The van der Waals surface area contributed by atoms with Crippen LogP contribution in [-0.4, -0.2) is 64.5 Å². The number of rotatable bonds is 4. The van der Waals surface area contributed by atoms with E-state index in [0.29, 0.717) is 12.2 Å². The third-order valence-electron chi connectivity index (χ3n) is 5.92. The molecule has 2 aromatic rings. The van der Waals surface area contributed by atoms with Gasteiger partial charge in [-0.25, -0.2) is 0 Å². The molecule has 138 valence electrons. The Morgan fingerprint density at radius 2 is 2.12 bits per heavy atom. The second kappa shape index (κ2) is 6.81. The van der Waals surface area contributed by atoms with Crippen molar-refractivity contribution in [2.75, 3.05) is 20.8 Å². The fraction of sp³-hybridized carbons (Fsp3) is 0.526. The van der Waals surface area contributed by atoms with Crippen LogP contribution in [0.2, 0.25) is 0 Å². The van der Waals surface area contributed by atoms with Gasteiger partial charge in [-0.1, -0.05) is 0 Å². The van der Waals surface area contributed by atoms with Crippen LogP contribution in [0.3, 0.4) is 0 Å². The van der Waals surface area contributed by atoms with Gasteiger partial charge in [0.1, 0.15) is 5.69 Å². The first kappa shape index (κ1) is 17.2. The topological polar surface area (TPSA) is 80.3 Å². The van der Waals surface area contributed by atoms with Crippen molar-refractivity contribution in [1.82, 2.24) is 20.1 Å². The van der Waals surface area contributed by atoms with E-state index in [1.54, 1.807) is 32.7 Å². The number of nitrogens with zero attached hydrogens (tertiary/aromatic N) is 3. The average molecular weight is 356 g/mol. The smallest absolute Gasteiger partial charge is 0.272 e. The molecule has 4 rings (SSSR count). The predicted octanol–water partition coefficient (Wildman–Crippen LogP) is 2.27. The van der Waals surface area contributed by atoms with Gasteiger partial charge in [-0.05, 0) is 43.9 Å². The highest BCUT2D eigenvalue weighted by Crippen LogP contribution is 2.43. The Balaban J connectivity index is 1.57. The Kier molecular flexibility index (Phi) is 4.50. The van der Waals surface area contributed by atoms with E-state index in [0.717, 1.165) is 36.9 Å². The van der Waals surface area contributed by atoms with E-state index in [1.807, 2.05) is 17.0 Å². The Morgan fingerprint density at radius 1 is 1.31 bits per heavy atom. The summed E-state index contributed by atoms with van der Waals surface area (Å²) in [6, 6.07) is 5.59. The summed E-state index contributed by atoms with van der Waals surface area (Å²) in [4.78, 5) is 19.1. The average Bonchev–Trinajstić information content (AvgIpc) is 3.33. The number of hydrogen-bond donors (Lipinski definition) is 1. The van der Waals surface area contributed by atoms with Gasteiger partial charge < -0.3 is 14.4 Å². The van der Waals surface area contributed by atoms with Crippen LogP contribution in [0, 0.1) is 0 Å². The van der Waals surface area contributed by atoms with E-state index in [2.05, 4.69) is 15.2 Å². The zero-order valence-electron chi connectivity index (χ0n) is 15.1. The highest BCUT2D eigenvalue weighted by atomic mass is 16.5. The van der Waals surface area contributed by atoms with Crippen LogP contribution < -0.4 is 0 Å². The Hall–Kier alpha value is -2.25. The summed E-state index contributed by atoms with van der Waals surface area (Å²) in [5, 5.41) is 7.19. The molecular formula is C19H24N4O3. The van der Waals surface area contributed by atoms with Gasteiger partial charge in [0.05, 0.1) is 23.4 Å². The number of carbonyl (C=O) groups excluding carboxylic acids is 1. The molecule has 1 saturated carbocycles. The zero-order valence-corrected chi connectivity index (χ0v) is 15.1. The quantitative estimate of drug-likeness (QED) is 0.909. The Bertz CT molecular complexity index is 778. The second-order valence-corrected chi connectivity index (χ2v) is 7.07. The van der Waals surface area contributed by atoms with E-state index in [1.165, 1.54) is 0 Å². The number of aromatic nitrogens is 3. The molecule has 2 fully saturated rings. The number of amides is 1. The fourth-order valence-corrected chi connectivity index (χ4v) is 4.38. The van der Waals surface area contributed by atoms with Gasteiger partial charge in [0.2, 0.25) is 0 Å². The molecule has 1 saturated heterocycles. The van der Waals surface area contributed by atoms with E-state index in [-0.39, 0.29) is 23.7 Å². The van der Waals surface area contributed by atoms with Crippen LogP contribution >= 0.6 is 0 Å². The van der Waals surface area contributed by atoms with Crippen LogP contribution in [0.5, 0.6) is 0 Å². The number of H-pyrrole nitrogens is 1. The minimum atomic E-state index is -0.251. The van der Waals surface area contributed by atoms with Crippen molar-refractivity contribution in [2.24, 2.45) is 0 Å². The molecule has 2 aromatic heterocycles. The minimum Gasteiger partial charge on any atom is -0.381 e.